The normalized spacial score (nSPS) is 14.6. The number of halogens is 1. The highest BCUT2D eigenvalue weighted by atomic mass is 35.5. The molecule has 16 heavy (non-hydrogen) atoms. The largest absolute Gasteiger partial charge is 0.496 e. The van der Waals surface area contributed by atoms with Gasteiger partial charge in [-0.3, -0.25) is 0 Å². The van der Waals surface area contributed by atoms with Crippen molar-refractivity contribution in [3.05, 3.63) is 28.8 Å². The van der Waals surface area contributed by atoms with Gasteiger partial charge in [0, 0.05) is 16.6 Å². The van der Waals surface area contributed by atoms with Crippen molar-refractivity contribution in [3.63, 3.8) is 0 Å². The Morgan fingerprint density at radius 3 is 2.62 bits per heavy atom. The monoisotopic (exact) mass is 241 g/mol. The smallest absolute Gasteiger partial charge is 0.123 e. The highest BCUT2D eigenvalue weighted by Gasteiger charge is 2.19. The van der Waals surface area contributed by atoms with Crippen LogP contribution < -0.4 is 10.1 Å². The van der Waals surface area contributed by atoms with Gasteiger partial charge in [0.05, 0.1) is 7.11 Å². The molecule has 1 N–H and O–H groups in total. The molecule has 2 unspecified atom stereocenters. The molecule has 0 aliphatic heterocycles. The van der Waals surface area contributed by atoms with E-state index in [1.54, 1.807) is 7.11 Å². The maximum absolute atomic E-state index is 6.04. The third-order valence-electron chi connectivity index (χ3n) is 3.05. The van der Waals surface area contributed by atoms with Crippen LogP contribution in [0.2, 0.25) is 5.02 Å². The zero-order valence-corrected chi connectivity index (χ0v) is 11.1. The third kappa shape index (κ3) is 2.89. The molecular formula is C13H20ClNO. The lowest BCUT2D eigenvalue weighted by Gasteiger charge is -2.24. The van der Waals surface area contributed by atoms with Gasteiger partial charge >= 0.3 is 0 Å². The molecule has 0 spiro atoms. The number of hydrogen-bond donors (Lipinski definition) is 1. The SMILES string of the molecule is CCC(C)C(NC)c1cc(Cl)ccc1OC. The quantitative estimate of drug-likeness (QED) is 0.850. The number of nitrogens with one attached hydrogen (secondary N) is 1. The van der Waals surface area contributed by atoms with Crippen molar-refractivity contribution in [2.45, 2.75) is 26.3 Å². The Hall–Kier alpha value is -0.730. The fourth-order valence-electron chi connectivity index (χ4n) is 1.93. The lowest BCUT2D eigenvalue weighted by Crippen LogP contribution is -2.23. The van der Waals surface area contributed by atoms with E-state index in [0.717, 1.165) is 22.8 Å². The molecule has 0 saturated carbocycles. The van der Waals surface area contributed by atoms with Crippen LogP contribution >= 0.6 is 11.6 Å². The molecule has 0 fully saturated rings. The third-order valence-corrected chi connectivity index (χ3v) is 3.29. The summed E-state index contributed by atoms with van der Waals surface area (Å²) >= 11 is 6.04. The summed E-state index contributed by atoms with van der Waals surface area (Å²) in [6.07, 6.45) is 1.11. The predicted molar refractivity (Wildman–Crippen MR) is 69.3 cm³/mol. The second kappa shape index (κ2) is 6.12. The molecule has 1 aromatic rings. The van der Waals surface area contributed by atoms with Crippen molar-refractivity contribution in [1.29, 1.82) is 0 Å². The lowest BCUT2D eigenvalue weighted by molar-refractivity contribution is 0.365. The Kier molecular flexibility index (Phi) is 5.10. The molecule has 0 aliphatic carbocycles. The second-order valence-corrected chi connectivity index (χ2v) is 4.47. The van der Waals surface area contributed by atoms with Gasteiger partial charge in [-0.1, -0.05) is 31.9 Å². The highest BCUT2D eigenvalue weighted by molar-refractivity contribution is 6.30. The molecule has 90 valence electrons. The number of methoxy groups -OCH3 is 1. The number of benzene rings is 1. The van der Waals surface area contributed by atoms with E-state index in [2.05, 4.69) is 19.2 Å². The second-order valence-electron chi connectivity index (χ2n) is 4.04. The topological polar surface area (TPSA) is 21.3 Å². The molecule has 0 radical (unpaired) electrons. The van der Waals surface area contributed by atoms with Crippen molar-refractivity contribution in [2.24, 2.45) is 5.92 Å². The predicted octanol–water partition coefficient (Wildman–Crippen LogP) is 3.66. The summed E-state index contributed by atoms with van der Waals surface area (Å²) in [4.78, 5) is 0. The van der Waals surface area contributed by atoms with Crippen LogP contribution in [0.15, 0.2) is 18.2 Å². The molecule has 1 aromatic carbocycles. The molecule has 0 aromatic heterocycles. The van der Waals surface area contributed by atoms with Crippen LogP contribution in [0.5, 0.6) is 5.75 Å². The Morgan fingerprint density at radius 1 is 1.44 bits per heavy atom. The summed E-state index contributed by atoms with van der Waals surface area (Å²) in [5.74, 6) is 1.43. The van der Waals surface area contributed by atoms with Crippen LogP contribution in [0.3, 0.4) is 0 Å². The van der Waals surface area contributed by atoms with Gasteiger partial charge in [-0.05, 0) is 31.2 Å². The molecule has 0 bridgehead atoms. The van der Waals surface area contributed by atoms with Gasteiger partial charge in [0.2, 0.25) is 0 Å². The van der Waals surface area contributed by atoms with Gasteiger partial charge in [-0.25, -0.2) is 0 Å². The summed E-state index contributed by atoms with van der Waals surface area (Å²) in [6.45, 7) is 4.41. The average Bonchev–Trinajstić information content (AvgIpc) is 2.30. The Morgan fingerprint density at radius 2 is 2.12 bits per heavy atom. The van der Waals surface area contributed by atoms with Gasteiger partial charge in [0.15, 0.2) is 0 Å². The first-order valence-corrected chi connectivity index (χ1v) is 6.02. The van der Waals surface area contributed by atoms with Gasteiger partial charge in [-0.2, -0.15) is 0 Å². The fraction of sp³-hybridized carbons (Fsp3) is 0.538. The van der Waals surface area contributed by atoms with Crippen LogP contribution in [0.1, 0.15) is 31.9 Å². The standard InChI is InChI=1S/C13H20ClNO/c1-5-9(2)13(15-3)11-8-10(14)6-7-12(11)16-4/h6-9,13,15H,5H2,1-4H3. The molecule has 0 heterocycles. The number of hydrogen-bond acceptors (Lipinski definition) is 2. The highest BCUT2D eigenvalue weighted by Crippen LogP contribution is 2.33. The molecule has 2 atom stereocenters. The number of ether oxygens (including phenoxy) is 1. The number of rotatable bonds is 5. The van der Waals surface area contributed by atoms with Crippen molar-refractivity contribution in [1.82, 2.24) is 5.32 Å². The van der Waals surface area contributed by atoms with Crippen LogP contribution in [-0.2, 0) is 0 Å². The van der Waals surface area contributed by atoms with Crippen LogP contribution in [0.4, 0.5) is 0 Å². The van der Waals surface area contributed by atoms with E-state index in [4.69, 9.17) is 16.3 Å². The molecule has 2 nitrogen and oxygen atoms in total. The Balaban J connectivity index is 3.11. The minimum atomic E-state index is 0.277. The van der Waals surface area contributed by atoms with Crippen molar-refractivity contribution in [2.75, 3.05) is 14.2 Å². The maximum Gasteiger partial charge on any atom is 0.123 e. The molecule has 1 rings (SSSR count). The Bertz CT molecular complexity index is 341. The van der Waals surface area contributed by atoms with E-state index in [-0.39, 0.29) is 6.04 Å². The van der Waals surface area contributed by atoms with E-state index in [9.17, 15) is 0 Å². The van der Waals surface area contributed by atoms with Crippen molar-refractivity contribution >= 4 is 11.6 Å². The maximum atomic E-state index is 6.04. The van der Waals surface area contributed by atoms with E-state index in [0.29, 0.717) is 5.92 Å². The minimum absolute atomic E-state index is 0.277. The van der Waals surface area contributed by atoms with Crippen LogP contribution in [-0.4, -0.2) is 14.2 Å². The molecular weight excluding hydrogens is 222 g/mol. The summed E-state index contributed by atoms with van der Waals surface area (Å²) in [6, 6.07) is 6.03. The summed E-state index contributed by atoms with van der Waals surface area (Å²) in [5.41, 5.74) is 1.13. The first-order chi connectivity index (χ1) is 7.63. The van der Waals surface area contributed by atoms with Gasteiger partial charge in [0.1, 0.15) is 5.75 Å². The van der Waals surface area contributed by atoms with Gasteiger partial charge in [0.25, 0.3) is 0 Å². The first kappa shape index (κ1) is 13.3. The van der Waals surface area contributed by atoms with Crippen molar-refractivity contribution < 1.29 is 4.74 Å². The van der Waals surface area contributed by atoms with Gasteiger partial charge in [-0.15, -0.1) is 0 Å². The Labute approximate surface area is 103 Å². The fourth-order valence-corrected chi connectivity index (χ4v) is 2.11. The lowest BCUT2D eigenvalue weighted by atomic mass is 9.92. The zero-order chi connectivity index (χ0) is 12.1. The first-order valence-electron chi connectivity index (χ1n) is 5.64. The van der Waals surface area contributed by atoms with Gasteiger partial charge < -0.3 is 10.1 Å². The zero-order valence-electron chi connectivity index (χ0n) is 10.4. The van der Waals surface area contributed by atoms with E-state index in [1.165, 1.54) is 0 Å². The average molecular weight is 242 g/mol. The van der Waals surface area contributed by atoms with Crippen molar-refractivity contribution in [3.8, 4) is 5.75 Å². The van der Waals surface area contributed by atoms with Crippen LogP contribution in [0, 0.1) is 5.92 Å². The van der Waals surface area contributed by atoms with E-state index >= 15 is 0 Å². The summed E-state index contributed by atoms with van der Waals surface area (Å²) in [5, 5.41) is 4.08. The summed E-state index contributed by atoms with van der Waals surface area (Å²) in [7, 11) is 3.66. The molecule has 0 aliphatic rings. The minimum Gasteiger partial charge on any atom is -0.496 e. The van der Waals surface area contributed by atoms with Crippen LogP contribution in [0.25, 0.3) is 0 Å². The molecule has 3 heteroatoms. The van der Waals surface area contributed by atoms with E-state index < -0.39 is 0 Å². The molecule has 0 amide bonds. The van der Waals surface area contributed by atoms with E-state index in [1.807, 2.05) is 25.2 Å². The molecule has 0 saturated heterocycles. The summed E-state index contributed by atoms with van der Waals surface area (Å²) < 4.78 is 5.38.